The maximum atomic E-state index is 10.6. The van der Waals surface area contributed by atoms with Crippen LogP contribution in [0.4, 0.5) is 0 Å². The highest BCUT2D eigenvalue weighted by Crippen LogP contribution is 2.32. The maximum Gasteiger partial charge on any atom is 0.332 e. The first-order chi connectivity index (χ1) is 7.25. The van der Waals surface area contributed by atoms with Gasteiger partial charge < -0.3 is 14.6 Å². The highest BCUT2D eigenvalue weighted by molar-refractivity contribution is 5.72. The first kappa shape index (κ1) is 10.9. The molecule has 0 bridgehead atoms. The molecule has 2 unspecified atom stereocenters. The molecule has 4 heteroatoms. The zero-order valence-electron chi connectivity index (χ0n) is 8.85. The van der Waals surface area contributed by atoms with Gasteiger partial charge in [-0.25, -0.2) is 4.79 Å². The third-order valence-corrected chi connectivity index (χ3v) is 3.05. The Morgan fingerprint density at radius 1 is 1.33 bits per heavy atom. The van der Waals surface area contributed by atoms with Gasteiger partial charge in [0, 0.05) is 6.61 Å². The zero-order valence-corrected chi connectivity index (χ0v) is 8.85. The number of rotatable bonds is 6. The van der Waals surface area contributed by atoms with Crippen molar-refractivity contribution in [1.29, 1.82) is 0 Å². The fourth-order valence-electron chi connectivity index (χ4n) is 1.88. The van der Waals surface area contributed by atoms with Crippen molar-refractivity contribution < 1.29 is 19.4 Å². The Balaban J connectivity index is 1.53. The van der Waals surface area contributed by atoms with Gasteiger partial charge in [0.1, 0.15) is 0 Å². The third kappa shape index (κ3) is 3.47. The van der Waals surface area contributed by atoms with E-state index in [2.05, 4.69) is 0 Å². The zero-order chi connectivity index (χ0) is 10.7. The predicted molar refractivity (Wildman–Crippen MR) is 53.7 cm³/mol. The van der Waals surface area contributed by atoms with Crippen LogP contribution in [-0.2, 0) is 14.3 Å². The molecule has 86 valence electrons. The molecule has 0 aromatic heterocycles. The second kappa shape index (κ2) is 4.94. The van der Waals surface area contributed by atoms with Crippen LogP contribution in [-0.4, -0.2) is 36.5 Å². The molecule has 0 spiro atoms. The van der Waals surface area contributed by atoms with E-state index in [0.29, 0.717) is 13.0 Å². The van der Waals surface area contributed by atoms with E-state index < -0.39 is 12.1 Å². The topological polar surface area (TPSA) is 55.8 Å². The minimum Gasteiger partial charge on any atom is -0.479 e. The fraction of sp³-hybridized carbons (Fsp3) is 0.909. The summed E-state index contributed by atoms with van der Waals surface area (Å²) >= 11 is 0. The van der Waals surface area contributed by atoms with Crippen LogP contribution >= 0.6 is 0 Å². The number of carboxylic acid groups (broad SMARTS) is 1. The van der Waals surface area contributed by atoms with Crippen LogP contribution in [0.25, 0.3) is 0 Å². The molecule has 2 atom stereocenters. The summed E-state index contributed by atoms with van der Waals surface area (Å²) in [6.45, 7) is 1.35. The number of hydrogen-bond acceptors (Lipinski definition) is 3. The molecule has 1 saturated carbocycles. The Morgan fingerprint density at radius 2 is 2.13 bits per heavy atom. The average Bonchev–Trinajstić information content (AvgIpc) is 2.90. The van der Waals surface area contributed by atoms with Gasteiger partial charge in [-0.15, -0.1) is 0 Å². The van der Waals surface area contributed by atoms with Gasteiger partial charge in [0.15, 0.2) is 6.10 Å². The number of carbonyl (C=O) groups is 1. The van der Waals surface area contributed by atoms with E-state index >= 15 is 0 Å². The number of hydrogen-bond donors (Lipinski definition) is 1. The minimum absolute atomic E-state index is 0.00898. The molecular weight excluding hydrogens is 196 g/mol. The van der Waals surface area contributed by atoms with Gasteiger partial charge in [0.2, 0.25) is 0 Å². The molecule has 1 heterocycles. The molecule has 0 radical (unpaired) electrons. The van der Waals surface area contributed by atoms with E-state index in [1.165, 1.54) is 12.8 Å². The van der Waals surface area contributed by atoms with Crippen molar-refractivity contribution in [2.75, 3.05) is 13.2 Å². The summed E-state index contributed by atoms with van der Waals surface area (Å²) in [7, 11) is 0. The van der Waals surface area contributed by atoms with E-state index in [1.807, 2.05) is 0 Å². The van der Waals surface area contributed by atoms with Crippen molar-refractivity contribution in [2.45, 2.75) is 44.3 Å². The Bertz CT molecular complexity index is 225. The monoisotopic (exact) mass is 214 g/mol. The Morgan fingerprint density at radius 3 is 2.73 bits per heavy atom. The Labute approximate surface area is 89.6 Å². The first-order valence-corrected chi connectivity index (χ1v) is 5.71. The van der Waals surface area contributed by atoms with Crippen LogP contribution < -0.4 is 0 Å². The van der Waals surface area contributed by atoms with Gasteiger partial charge in [0.05, 0.1) is 12.7 Å². The van der Waals surface area contributed by atoms with Gasteiger partial charge >= 0.3 is 5.97 Å². The van der Waals surface area contributed by atoms with Gasteiger partial charge in [-0.1, -0.05) is 12.8 Å². The summed E-state index contributed by atoms with van der Waals surface area (Å²) in [6, 6.07) is 0. The van der Waals surface area contributed by atoms with Crippen molar-refractivity contribution in [3.05, 3.63) is 0 Å². The molecule has 4 nitrogen and oxygen atoms in total. The molecule has 0 amide bonds. The maximum absolute atomic E-state index is 10.6. The summed E-state index contributed by atoms with van der Waals surface area (Å²) in [6.07, 6.45) is 4.66. The average molecular weight is 214 g/mol. The SMILES string of the molecule is O=C(O)C1CCC(COCCC2CC2)O1. The molecule has 1 aliphatic heterocycles. The quantitative estimate of drug-likeness (QED) is 0.680. The smallest absolute Gasteiger partial charge is 0.332 e. The van der Waals surface area contributed by atoms with Crippen LogP contribution in [0.1, 0.15) is 32.1 Å². The normalized spacial score (nSPS) is 30.7. The molecular formula is C11H18O4. The third-order valence-electron chi connectivity index (χ3n) is 3.05. The van der Waals surface area contributed by atoms with Crippen LogP contribution in [0, 0.1) is 5.92 Å². The lowest BCUT2D eigenvalue weighted by atomic mass is 10.2. The molecule has 1 N–H and O–H groups in total. The van der Waals surface area contributed by atoms with E-state index in [9.17, 15) is 4.79 Å². The molecule has 1 saturated heterocycles. The van der Waals surface area contributed by atoms with Gasteiger partial charge in [-0.3, -0.25) is 0 Å². The number of ether oxygens (including phenoxy) is 2. The minimum atomic E-state index is -0.851. The molecule has 0 aromatic carbocycles. The van der Waals surface area contributed by atoms with E-state index in [4.69, 9.17) is 14.6 Å². The van der Waals surface area contributed by atoms with Crippen LogP contribution in [0.2, 0.25) is 0 Å². The van der Waals surface area contributed by atoms with E-state index in [-0.39, 0.29) is 6.10 Å². The lowest BCUT2D eigenvalue weighted by Gasteiger charge is -2.11. The standard InChI is InChI=1S/C11H18O4/c12-11(13)10-4-3-9(15-10)7-14-6-5-8-1-2-8/h8-10H,1-7H2,(H,12,13). The highest BCUT2D eigenvalue weighted by atomic mass is 16.6. The Hall–Kier alpha value is -0.610. The van der Waals surface area contributed by atoms with Crippen LogP contribution in [0.3, 0.4) is 0 Å². The molecule has 2 rings (SSSR count). The van der Waals surface area contributed by atoms with Gasteiger partial charge in [-0.05, 0) is 25.2 Å². The highest BCUT2D eigenvalue weighted by Gasteiger charge is 2.30. The lowest BCUT2D eigenvalue weighted by Crippen LogP contribution is -2.22. The van der Waals surface area contributed by atoms with Crippen molar-refractivity contribution in [2.24, 2.45) is 5.92 Å². The van der Waals surface area contributed by atoms with Crippen molar-refractivity contribution in [3.8, 4) is 0 Å². The Kier molecular flexibility index (Phi) is 3.59. The van der Waals surface area contributed by atoms with Gasteiger partial charge in [-0.2, -0.15) is 0 Å². The molecule has 0 aromatic rings. The lowest BCUT2D eigenvalue weighted by molar-refractivity contribution is -0.150. The molecule has 1 aliphatic carbocycles. The fourth-order valence-corrected chi connectivity index (χ4v) is 1.88. The summed E-state index contributed by atoms with van der Waals surface area (Å²) in [5.41, 5.74) is 0. The summed E-state index contributed by atoms with van der Waals surface area (Å²) in [4.78, 5) is 10.6. The second-order valence-corrected chi connectivity index (χ2v) is 4.47. The number of carboxylic acids is 1. The molecule has 2 fully saturated rings. The van der Waals surface area contributed by atoms with E-state index in [1.54, 1.807) is 0 Å². The summed E-state index contributed by atoms with van der Waals surface area (Å²) in [5, 5.41) is 8.72. The largest absolute Gasteiger partial charge is 0.479 e. The summed E-state index contributed by atoms with van der Waals surface area (Å²) in [5.74, 6) is 0.0387. The predicted octanol–water partition coefficient (Wildman–Crippen LogP) is 1.44. The summed E-state index contributed by atoms with van der Waals surface area (Å²) < 4.78 is 10.8. The molecule has 2 aliphatic rings. The van der Waals surface area contributed by atoms with E-state index in [0.717, 1.165) is 25.4 Å². The van der Waals surface area contributed by atoms with Gasteiger partial charge in [0.25, 0.3) is 0 Å². The van der Waals surface area contributed by atoms with Crippen molar-refractivity contribution in [1.82, 2.24) is 0 Å². The number of aliphatic carboxylic acids is 1. The van der Waals surface area contributed by atoms with Crippen molar-refractivity contribution >= 4 is 5.97 Å². The first-order valence-electron chi connectivity index (χ1n) is 5.71. The van der Waals surface area contributed by atoms with Crippen LogP contribution in [0.15, 0.2) is 0 Å². The molecule has 15 heavy (non-hydrogen) atoms. The van der Waals surface area contributed by atoms with Crippen molar-refractivity contribution in [3.63, 3.8) is 0 Å². The van der Waals surface area contributed by atoms with Crippen LogP contribution in [0.5, 0.6) is 0 Å². The second-order valence-electron chi connectivity index (χ2n) is 4.47.